The van der Waals surface area contributed by atoms with Crippen molar-refractivity contribution in [3.8, 4) is 0 Å². The molecule has 1 aliphatic rings. The first-order valence-corrected chi connectivity index (χ1v) is 10.6. The molecule has 0 saturated carbocycles. The van der Waals surface area contributed by atoms with Crippen molar-refractivity contribution in [1.29, 1.82) is 0 Å². The first-order valence-electron chi connectivity index (χ1n) is 9.14. The maximum absolute atomic E-state index is 12.3. The van der Waals surface area contributed by atoms with Crippen molar-refractivity contribution in [3.63, 3.8) is 0 Å². The number of nitrogens with one attached hydrogen (secondary N) is 1. The largest absolute Gasteiger partial charge is 0.468 e. The zero-order chi connectivity index (χ0) is 19.1. The Morgan fingerprint density at radius 3 is 2.41 bits per heavy atom. The number of hydrogen-bond acceptors (Lipinski definition) is 4. The molecule has 27 heavy (non-hydrogen) atoms. The van der Waals surface area contributed by atoms with Gasteiger partial charge < -0.3 is 9.32 Å². The lowest BCUT2D eigenvalue weighted by Crippen LogP contribution is -2.30. The van der Waals surface area contributed by atoms with Gasteiger partial charge in [0, 0.05) is 19.2 Å². The first-order chi connectivity index (χ1) is 13.0. The number of hydrogen-bond donors (Lipinski definition) is 1. The predicted molar refractivity (Wildman–Crippen MR) is 103 cm³/mol. The lowest BCUT2D eigenvalue weighted by atomic mass is 10.2. The highest BCUT2D eigenvalue weighted by atomic mass is 32.2. The molecule has 2 heterocycles. The molecule has 1 saturated heterocycles. The minimum atomic E-state index is -3.61. The third-order valence-corrected chi connectivity index (χ3v) is 5.96. The Kier molecular flexibility index (Phi) is 6.47. The Labute approximate surface area is 159 Å². The van der Waals surface area contributed by atoms with Crippen LogP contribution in [0.3, 0.4) is 0 Å². The summed E-state index contributed by atoms with van der Waals surface area (Å²) in [6, 6.07) is 9.85. The van der Waals surface area contributed by atoms with E-state index in [-0.39, 0.29) is 17.3 Å². The van der Waals surface area contributed by atoms with E-state index in [1.54, 1.807) is 36.4 Å². The summed E-state index contributed by atoms with van der Waals surface area (Å²) in [4.78, 5) is 14.3. The number of rotatable bonds is 6. The summed E-state index contributed by atoms with van der Waals surface area (Å²) in [7, 11) is -3.61. The van der Waals surface area contributed by atoms with Gasteiger partial charge in [-0.3, -0.25) is 4.79 Å². The van der Waals surface area contributed by atoms with Crippen LogP contribution in [0.5, 0.6) is 0 Å². The number of nitrogens with zero attached hydrogens (tertiary/aromatic N) is 1. The van der Waals surface area contributed by atoms with Gasteiger partial charge >= 0.3 is 0 Å². The second-order valence-corrected chi connectivity index (χ2v) is 8.31. The molecular formula is C20H24N2O4S. The van der Waals surface area contributed by atoms with Crippen molar-refractivity contribution in [1.82, 2.24) is 9.62 Å². The van der Waals surface area contributed by atoms with Crippen LogP contribution in [0.1, 0.15) is 37.0 Å². The molecule has 1 aliphatic heterocycles. The van der Waals surface area contributed by atoms with Gasteiger partial charge in [-0.2, -0.15) is 0 Å². The van der Waals surface area contributed by atoms with Crippen LogP contribution in [0.25, 0.3) is 6.08 Å². The highest BCUT2D eigenvalue weighted by Gasteiger charge is 2.15. The fourth-order valence-corrected chi connectivity index (χ4v) is 3.98. The maximum atomic E-state index is 12.3. The quantitative estimate of drug-likeness (QED) is 0.771. The molecule has 1 amide bonds. The fraction of sp³-hybridized carbons (Fsp3) is 0.350. The summed E-state index contributed by atoms with van der Waals surface area (Å²) in [5.74, 6) is 0.555. The number of carbonyl (C=O) groups is 1. The molecule has 6 nitrogen and oxygen atoms in total. The highest BCUT2D eigenvalue weighted by Crippen LogP contribution is 2.14. The van der Waals surface area contributed by atoms with Crippen LogP contribution in [0, 0.1) is 0 Å². The molecule has 0 atom stereocenters. The monoisotopic (exact) mass is 388 g/mol. The Hall–Kier alpha value is -2.38. The summed E-state index contributed by atoms with van der Waals surface area (Å²) in [6.07, 6.45) is 9.24. The smallest absolute Gasteiger partial charge is 0.246 e. The molecule has 0 bridgehead atoms. The van der Waals surface area contributed by atoms with Crippen LogP contribution in [0.4, 0.5) is 0 Å². The van der Waals surface area contributed by atoms with Crippen molar-refractivity contribution in [2.45, 2.75) is 37.1 Å². The lowest BCUT2D eigenvalue weighted by Gasteiger charge is -2.17. The minimum Gasteiger partial charge on any atom is -0.468 e. The molecule has 144 valence electrons. The molecule has 0 radical (unpaired) electrons. The van der Waals surface area contributed by atoms with Crippen LogP contribution in [0.2, 0.25) is 0 Å². The van der Waals surface area contributed by atoms with Crippen LogP contribution in [0.15, 0.2) is 58.1 Å². The van der Waals surface area contributed by atoms with E-state index in [0.29, 0.717) is 5.76 Å². The number of carbonyl (C=O) groups excluding carboxylic acids is 1. The average molecular weight is 388 g/mol. The van der Waals surface area contributed by atoms with Crippen LogP contribution in [-0.4, -0.2) is 32.3 Å². The summed E-state index contributed by atoms with van der Waals surface area (Å²) >= 11 is 0. The summed E-state index contributed by atoms with van der Waals surface area (Å²) < 4.78 is 32.2. The van der Waals surface area contributed by atoms with Crippen molar-refractivity contribution >= 4 is 22.0 Å². The zero-order valence-electron chi connectivity index (χ0n) is 15.1. The first kappa shape index (κ1) is 19.4. The van der Waals surface area contributed by atoms with Gasteiger partial charge in [0.1, 0.15) is 5.76 Å². The molecule has 0 unspecified atom stereocenters. The number of benzene rings is 1. The fourth-order valence-electron chi connectivity index (χ4n) is 2.98. The second-order valence-electron chi connectivity index (χ2n) is 6.55. The zero-order valence-corrected chi connectivity index (χ0v) is 16.0. The summed E-state index contributed by atoms with van der Waals surface area (Å²) in [6.45, 7) is 1.71. The molecule has 3 rings (SSSR count). The standard InChI is InChI=1S/C20H24N2O4S/c23-20(22-13-3-1-2-4-14-22)12-9-17-7-10-19(11-8-17)27(24,25)21-16-18-6-5-15-26-18/h5-12,15,21H,1-4,13-14,16H2. The number of likely N-dealkylation sites (tertiary alicyclic amines) is 1. The Morgan fingerprint density at radius 2 is 1.78 bits per heavy atom. The van der Waals surface area contributed by atoms with Gasteiger partial charge in [0.2, 0.25) is 15.9 Å². The number of furan rings is 1. The van der Waals surface area contributed by atoms with Gasteiger partial charge in [-0.1, -0.05) is 25.0 Å². The van der Waals surface area contributed by atoms with Gasteiger partial charge in [-0.05, 0) is 48.7 Å². The minimum absolute atomic E-state index is 0.00807. The summed E-state index contributed by atoms with van der Waals surface area (Å²) in [5, 5.41) is 0. The molecule has 1 fully saturated rings. The van der Waals surface area contributed by atoms with Crippen molar-refractivity contribution in [3.05, 3.63) is 60.1 Å². The molecule has 1 aromatic carbocycles. The van der Waals surface area contributed by atoms with E-state index in [0.717, 1.165) is 31.5 Å². The van der Waals surface area contributed by atoms with E-state index in [2.05, 4.69) is 4.72 Å². The number of sulfonamides is 1. The predicted octanol–water partition coefficient (Wildman–Crippen LogP) is 3.17. The van der Waals surface area contributed by atoms with Crippen LogP contribution < -0.4 is 4.72 Å². The molecule has 2 aromatic rings. The van der Waals surface area contributed by atoms with Gasteiger partial charge in [-0.15, -0.1) is 0 Å². The molecule has 1 aromatic heterocycles. The van der Waals surface area contributed by atoms with Gasteiger partial charge in [0.05, 0.1) is 17.7 Å². The van der Waals surface area contributed by atoms with E-state index < -0.39 is 10.0 Å². The normalized spacial score (nSPS) is 15.8. The summed E-state index contributed by atoms with van der Waals surface area (Å²) in [5.41, 5.74) is 0.781. The number of amides is 1. The Morgan fingerprint density at radius 1 is 1.07 bits per heavy atom. The third-order valence-electron chi connectivity index (χ3n) is 4.54. The van der Waals surface area contributed by atoms with Gasteiger partial charge in [0.25, 0.3) is 0 Å². The van der Waals surface area contributed by atoms with Crippen molar-refractivity contribution in [2.75, 3.05) is 13.1 Å². The Balaban J connectivity index is 1.59. The molecular weight excluding hydrogens is 364 g/mol. The van der Waals surface area contributed by atoms with E-state index in [4.69, 9.17) is 4.42 Å². The third kappa shape index (κ3) is 5.55. The maximum Gasteiger partial charge on any atom is 0.246 e. The second kappa shape index (κ2) is 9.01. The lowest BCUT2D eigenvalue weighted by molar-refractivity contribution is -0.125. The van der Waals surface area contributed by atoms with Crippen molar-refractivity contribution < 1.29 is 17.6 Å². The van der Waals surface area contributed by atoms with E-state index in [9.17, 15) is 13.2 Å². The van der Waals surface area contributed by atoms with Gasteiger partial charge in [-0.25, -0.2) is 13.1 Å². The van der Waals surface area contributed by atoms with Gasteiger partial charge in [0.15, 0.2) is 0 Å². The SMILES string of the molecule is O=C(C=Cc1ccc(S(=O)(=O)NCc2ccco2)cc1)N1CCCCCC1. The highest BCUT2D eigenvalue weighted by molar-refractivity contribution is 7.89. The van der Waals surface area contributed by atoms with E-state index in [1.165, 1.54) is 31.2 Å². The Bertz CT molecular complexity index is 863. The average Bonchev–Trinajstić information content (AvgIpc) is 3.05. The topological polar surface area (TPSA) is 79.6 Å². The molecule has 7 heteroatoms. The van der Waals surface area contributed by atoms with Crippen LogP contribution in [-0.2, 0) is 21.4 Å². The van der Waals surface area contributed by atoms with E-state index >= 15 is 0 Å². The van der Waals surface area contributed by atoms with Crippen molar-refractivity contribution in [2.24, 2.45) is 0 Å². The van der Waals surface area contributed by atoms with E-state index in [1.807, 2.05) is 4.90 Å². The molecule has 0 spiro atoms. The molecule has 1 N–H and O–H groups in total. The molecule has 0 aliphatic carbocycles. The van der Waals surface area contributed by atoms with Crippen LogP contribution >= 0.6 is 0 Å².